The van der Waals surface area contributed by atoms with Gasteiger partial charge in [0.2, 0.25) is 0 Å². The Kier molecular flexibility index (Phi) is 62.3. The van der Waals surface area contributed by atoms with Gasteiger partial charge in [0, 0.05) is 19.3 Å². The number of esters is 3. The molecule has 0 spiro atoms. The summed E-state index contributed by atoms with van der Waals surface area (Å²) in [5.74, 6) is -0.965. The van der Waals surface area contributed by atoms with E-state index in [4.69, 9.17) is 14.2 Å². The highest BCUT2D eigenvalue weighted by atomic mass is 16.6. The smallest absolute Gasteiger partial charge is 0.306 e. The first kappa shape index (κ1) is 74.1. The molecule has 1 unspecified atom stereocenters. The average Bonchev–Trinajstić information content (AvgIpc) is 3.44. The zero-order chi connectivity index (χ0) is 56.4. The second kappa shape index (κ2) is 65.6. The number of carbonyl (C=O) groups is 3. The van der Waals surface area contributed by atoms with Crippen LogP contribution in [0.25, 0.3) is 0 Å². The van der Waals surface area contributed by atoms with Crippen molar-refractivity contribution in [1.82, 2.24) is 0 Å². The van der Waals surface area contributed by atoms with Gasteiger partial charge in [0.05, 0.1) is 0 Å². The maximum atomic E-state index is 12.9. The van der Waals surface area contributed by atoms with Crippen LogP contribution in [0.5, 0.6) is 0 Å². The molecule has 0 radical (unpaired) electrons. The monoisotopic (exact) mass is 1080 g/mol. The zero-order valence-electron chi connectivity index (χ0n) is 51.2. The Hall–Kier alpha value is -3.93. The molecule has 0 fully saturated rings. The second-order valence-electron chi connectivity index (χ2n) is 21.6. The van der Waals surface area contributed by atoms with E-state index in [2.05, 4.69) is 130 Å². The van der Waals surface area contributed by atoms with E-state index in [1.165, 1.54) is 161 Å². The molecule has 0 aliphatic rings. The van der Waals surface area contributed by atoms with Crippen LogP contribution in [0.2, 0.25) is 0 Å². The van der Waals surface area contributed by atoms with Crippen LogP contribution >= 0.6 is 0 Å². The van der Waals surface area contributed by atoms with E-state index in [1.54, 1.807) is 0 Å². The van der Waals surface area contributed by atoms with Crippen molar-refractivity contribution in [1.29, 1.82) is 0 Å². The molecule has 78 heavy (non-hydrogen) atoms. The van der Waals surface area contributed by atoms with Crippen LogP contribution in [0.3, 0.4) is 0 Å². The summed E-state index contributed by atoms with van der Waals surface area (Å²) >= 11 is 0. The van der Waals surface area contributed by atoms with E-state index in [9.17, 15) is 14.4 Å². The van der Waals surface area contributed by atoms with E-state index in [1.807, 2.05) is 0 Å². The van der Waals surface area contributed by atoms with E-state index in [0.717, 1.165) is 103 Å². The van der Waals surface area contributed by atoms with Gasteiger partial charge in [-0.1, -0.05) is 278 Å². The highest BCUT2D eigenvalue weighted by Crippen LogP contribution is 2.16. The highest BCUT2D eigenvalue weighted by molar-refractivity contribution is 5.71. The lowest BCUT2D eigenvalue weighted by Gasteiger charge is -2.18. The minimum atomic E-state index is -0.812. The third-order valence-corrected chi connectivity index (χ3v) is 14.0. The molecule has 0 aromatic carbocycles. The van der Waals surface area contributed by atoms with E-state index in [0.29, 0.717) is 19.3 Å². The van der Waals surface area contributed by atoms with Gasteiger partial charge in [0.25, 0.3) is 0 Å². The minimum Gasteiger partial charge on any atom is -0.462 e. The number of hydrogen-bond donors (Lipinski definition) is 0. The first-order valence-electron chi connectivity index (χ1n) is 32.9. The molecule has 6 nitrogen and oxygen atoms in total. The van der Waals surface area contributed by atoms with Crippen LogP contribution in [0.4, 0.5) is 0 Å². The third-order valence-electron chi connectivity index (χ3n) is 14.0. The molecule has 0 bridgehead atoms. The summed E-state index contributed by atoms with van der Waals surface area (Å²) in [6, 6.07) is 0. The van der Waals surface area contributed by atoms with Crippen LogP contribution < -0.4 is 0 Å². The Morgan fingerprint density at radius 3 is 0.859 bits per heavy atom. The summed E-state index contributed by atoms with van der Waals surface area (Å²) < 4.78 is 16.8. The number of allylic oxidation sites excluding steroid dienone is 18. The molecule has 0 aromatic rings. The van der Waals surface area contributed by atoms with Gasteiger partial charge in [-0.2, -0.15) is 0 Å². The zero-order valence-corrected chi connectivity index (χ0v) is 51.2. The van der Waals surface area contributed by atoms with Crippen LogP contribution in [-0.2, 0) is 28.6 Å². The van der Waals surface area contributed by atoms with Crippen molar-refractivity contribution in [2.24, 2.45) is 0 Å². The third kappa shape index (κ3) is 62.9. The summed E-state index contributed by atoms with van der Waals surface area (Å²) in [5, 5.41) is 0. The number of unbranched alkanes of at least 4 members (excludes halogenated alkanes) is 30. The molecule has 0 aliphatic carbocycles. The Morgan fingerprint density at radius 2 is 0.513 bits per heavy atom. The molecule has 0 aliphatic heterocycles. The maximum absolute atomic E-state index is 12.9. The van der Waals surface area contributed by atoms with Gasteiger partial charge in [-0.15, -0.1) is 0 Å². The van der Waals surface area contributed by atoms with Gasteiger partial charge >= 0.3 is 17.9 Å². The normalized spacial score (nSPS) is 12.8. The average molecular weight is 1080 g/mol. The van der Waals surface area contributed by atoms with Crippen LogP contribution in [0.15, 0.2) is 109 Å². The van der Waals surface area contributed by atoms with E-state index < -0.39 is 6.10 Å². The molecule has 446 valence electrons. The molecular weight excluding hydrogens is 961 g/mol. The topological polar surface area (TPSA) is 78.9 Å². The van der Waals surface area contributed by atoms with Gasteiger partial charge in [0.1, 0.15) is 13.2 Å². The number of rotatable bonds is 59. The molecular formula is C72H122O6. The fraction of sp³-hybridized carbons (Fsp3) is 0.708. The molecule has 0 rings (SSSR count). The first-order valence-corrected chi connectivity index (χ1v) is 32.9. The number of hydrogen-bond acceptors (Lipinski definition) is 6. The molecule has 0 aromatic heterocycles. The maximum Gasteiger partial charge on any atom is 0.306 e. The summed E-state index contributed by atoms with van der Waals surface area (Å²) in [6.07, 6.45) is 89.8. The standard InChI is InChI=1S/C72H122O6/c1-4-7-10-13-16-19-22-25-27-29-30-31-32-33-34-35-36-37-38-39-40-41-42-44-45-47-50-53-56-59-62-65-71(74)77-68-69(67-76-70(73)64-61-58-55-52-49-24-21-18-15-12-9-6-3)78-72(75)66-63-60-57-54-51-48-46-43-28-26-23-20-17-14-11-8-5-2/h8,11,17-18,20-22,25-26,28-30,32-33,46,48,54,57,69H,4-7,9-10,12-16,19,23-24,27,31,34-45,47,49-53,55-56,58-68H2,1-3H3/b11-8-,20-17-,21-18-,25-22-,28-26-,30-29-,33-32-,48-46-,57-54-. The Labute approximate surface area is 482 Å². The fourth-order valence-corrected chi connectivity index (χ4v) is 9.07. The Balaban J connectivity index is 4.25. The minimum absolute atomic E-state index is 0.103. The largest absolute Gasteiger partial charge is 0.462 e. The molecule has 0 heterocycles. The van der Waals surface area contributed by atoms with Crippen molar-refractivity contribution in [2.45, 2.75) is 316 Å². The second-order valence-corrected chi connectivity index (χ2v) is 21.6. The van der Waals surface area contributed by atoms with Crippen molar-refractivity contribution in [3.05, 3.63) is 109 Å². The molecule has 6 heteroatoms. The predicted octanol–water partition coefficient (Wildman–Crippen LogP) is 22.6. The summed E-state index contributed by atoms with van der Waals surface area (Å²) in [6.45, 7) is 6.45. The SMILES string of the molecule is CC/C=C\C/C=C\C/C=C\C/C=C\C/C=C\CCCC(=O)OC(COC(=O)CCCCCCC/C=C\CCCCC)COC(=O)CCCCCCCCCCCCCCCCCC/C=C\C/C=C\C/C=C\CCCCCCC. The summed E-state index contributed by atoms with van der Waals surface area (Å²) in [4.78, 5) is 38.2. The van der Waals surface area contributed by atoms with Crippen molar-refractivity contribution in [3.63, 3.8) is 0 Å². The van der Waals surface area contributed by atoms with Crippen molar-refractivity contribution in [2.75, 3.05) is 13.2 Å². The van der Waals surface area contributed by atoms with Gasteiger partial charge in [0.15, 0.2) is 6.10 Å². The summed E-state index contributed by atoms with van der Waals surface area (Å²) in [7, 11) is 0. The quantitative estimate of drug-likeness (QED) is 0.0261. The van der Waals surface area contributed by atoms with E-state index in [-0.39, 0.29) is 37.5 Å². The lowest BCUT2D eigenvalue weighted by Crippen LogP contribution is -2.30. The Morgan fingerprint density at radius 1 is 0.269 bits per heavy atom. The molecule has 0 saturated carbocycles. The molecule has 0 amide bonds. The summed E-state index contributed by atoms with van der Waals surface area (Å²) in [5.41, 5.74) is 0. The van der Waals surface area contributed by atoms with Gasteiger partial charge < -0.3 is 14.2 Å². The molecule has 0 N–H and O–H groups in total. The van der Waals surface area contributed by atoms with Crippen LogP contribution in [-0.4, -0.2) is 37.2 Å². The molecule has 1 atom stereocenters. The van der Waals surface area contributed by atoms with Gasteiger partial charge in [-0.3, -0.25) is 14.4 Å². The molecule has 0 saturated heterocycles. The predicted molar refractivity (Wildman–Crippen MR) is 339 cm³/mol. The van der Waals surface area contributed by atoms with E-state index >= 15 is 0 Å². The highest BCUT2D eigenvalue weighted by Gasteiger charge is 2.19. The van der Waals surface area contributed by atoms with Gasteiger partial charge in [-0.25, -0.2) is 0 Å². The van der Waals surface area contributed by atoms with Crippen molar-refractivity contribution < 1.29 is 28.6 Å². The van der Waals surface area contributed by atoms with Crippen molar-refractivity contribution in [3.8, 4) is 0 Å². The lowest BCUT2D eigenvalue weighted by molar-refractivity contribution is -0.167. The number of carbonyl (C=O) groups excluding carboxylic acids is 3. The van der Waals surface area contributed by atoms with Crippen LogP contribution in [0, 0.1) is 0 Å². The van der Waals surface area contributed by atoms with Gasteiger partial charge in [-0.05, 0) is 122 Å². The Bertz CT molecular complexity index is 1570. The fourth-order valence-electron chi connectivity index (χ4n) is 9.07. The first-order chi connectivity index (χ1) is 38.5. The number of ether oxygens (including phenoxy) is 3. The van der Waals surface area contributed by atoms with Crippen molar-refractivity contribution >= 4 is 17.9 Å². The lowest BCUT2D eigenvalue weighted by atomic mass is 10.0. The van der Waals surface area contributed by atoms with Crippen LogP contribution in [0.1, 0.15) is 310 Å².